The third-order valence-corrected chi connectivity index (χ3v) is 6.48. The Hall–Kier alpha value is -2.70. The summed E-state index contributed by atoms with van der Waals surface area (Å²) in [6.45, 7) is 7.34. The zero-order valence-electron chi connectivity index (χ0n) is 16.4. The lowest BCUT2D eigenvalue weighted by Crippen LogP contribution is -2.47. The van der Waals surface area contributed by atoms with E-state index in [1.165, 1.54) is 18.4 Å². The molecular formula is C21H26N6O. The molecule has 0 radical (unpaired) electrons. The Kier molecular flexibility index (Phi) is 4.18. The van der Waals surface area contributed by atoms with Crippen LogP contribution in [0.3, 0.4) is 0 Å². The largest absolute Gasteiger partial charge is 0.356 e. The molecule has 4 heterocycles. The fourth-order valence-corrected chi connectivity index (χ4v) is 4.48. The van der Waals surface area contributed by atoms with Crippen molar-refractivity contribution >= 4 is 23.4 Å². The van der Waals surface area contributed by atoms with E-state index in [1.807, 2.05) is 11.8 Å². The van der Waals surface area contributed by atoms with Crippen molar-refractivity contribution in [1.82, 2.24) is 19.9 Å². The lowest BCUT2D eigenvalue weighted by molar-refractivity contribution is -0.133. The number of nitrogens with one attached hydrogen (secondary N) is 1. The van der Waals surface area contributed by atoms with Crippen LogP contribution in [0.5, 0.6) is 0 Å². The smallest absolute Gasteiger partial charge is 0.219 e. The minimum Gasteiger partial charge on any atom is -0.356 e. The van der Waals surface area contributed by atoms with Crippen LogP contribution in [0.4, 0.5) is 17.5 Å². The van der Waals surface area contributed by atoms with E-state index >= 15 is 0 Å². The Labute approximate surface area is 165 Å². The molecule has 7 nitrogen and oxygen atoms in total. The summed E-state index contributed by atoms with van der Waals surface area (Å²) in [7, 11) is 0. The second kappa shape index (κ2) is 6.72. The van der Waals surface area contributed by atoms with Crippen molar-refractivity contribution in [3.8, 4) is 0 Å². The number of nitrogens with zero attached hydrogens (tertiary/aromatic N) is 5. The van der Waals surface area contributed by atoms with Crippen molar-refractivity contribution < 1.29 is 4.79 Å². The van der Waals surface area contributed by atoms with Crippen LogP contribution < -0.4 is 10.2 Å². The number of anilines is 3. The van der Waals surface area contributed by atoms with Crippen LogP contribution in [0.1, 0.15) is 36.9 Å². The van der Waals surface area contributed by atoms with Gasteiger partial charge in [-0.25, -0.2) is 9.97 Å². The maximum absolute atomic E-state index is 11.6. The highest BCUT2D eigenvalue weighted by Crippen LogP contribution is 2.42. The van der Waals surface area contributed by atoms with Crippen LogP contribution in [0.25, 0.3) is 0 Å². The first-order valence-electron chi connectivity index (χ1n) is 10.1. The van der Waals surface area contributed by atoms with Gasteiger partial charge in [-0.2, -0.15) is 0 Å². The average molecular weight is 378 g/mol. The third-order valence-electron chi connectivity index (χ3n) is 6.48. The second-order valence-electron chi connectivity index (χ2n) is 8.44. The molecule has 7 heteroatoms. The van der Waals surface area contributed by atoms with Gasteiger partial charge in [0.2, 0.25) is 5.91 Å². The van der Waals surface area contributed by atoms with E-state index in [0.29, 0.717) is 11.7 Å². The van der Waals surface area contributed by atoms with E-state index in [2.05, 4.69) is 32.3 Å². The summed E-state index contributed by atoms with van der Waals surface area (Å²) in [5.74, 6) is 4.72. The standard InChI is InChI=1S/C21H26N6O/c1-13-7-23-20(8-22-13)24-19-5-17(18-11-26(12-18)14(2)28)6-21(25-19)27-9-15-3-4-16(15)10-27/h5-8,15-16,18H,3-4,9-12H2,1-2H3,(H,23,24,25). The minimum atomic E-state index is 0.148. The van der Waals surface area contributed by atoms with Crippen molar-refractivity contribution in [2.75, 3.05) is 36.4 Å². The topological polar surface area (TPSA) is 74.2 Å². The number of hydrogen-bond acceptors (Lipinski definition) is 6. The molecule has 3 fully saturated rings. The van der Waals surface area contributed by atoms with E-state index in [0.717, 1.165) is 55.3 Å². The van der Waals surface area contributed by atoms with Crippen molar-refractivity contribution in [1.29, 1.82) is 0 Å². The van der Waals surface area contributed by atoms with Crippen LogP contribution in [0.15, 0.2) is 24.5 Å². The van der Waals surface area contributed by atoms with Crippen LogP contribution in [-0.4, -0.2) is 51.9 Å². The minimum absolute atomic E-state index is 0.148. The third kappa shape index (κ3) is 3.19. The zero-order chi connectivity index (χ0) is 19.3. The van der Waals surface area contributed by atoms with Crippen LogP contribution in [0.2, 0.25) is 0 Å². The molecule has 2 aromatic heterocycles. The molecule has 5 rings (SSSR count). The summed E-state index contributed by atoms with van der Waals surface area (Å²) >= 11 is 0. The van der Waals surface area contributed by atoms with Gasteiger partial charge >= 0.3 is 0 Å². The summed E-state index contributed by atoms with van der Waals surface area (Å²) in [5, 5.41) is 3.32. The Bertz CT molecular complexity index is 880. The maximum Gasteiger partial charge on any atom is 0.219 e. The molecule has 2 unspecified atom stereocenters. The van der Waals surface area contributed by atoms with Crippen LogP contribution >= 0.6 is 0 Å². The van der Waals surface area contributed by atoms with Gasteiger partial charge in [0, 0.05) is 39.0 Å². The van der Waals surface area contributed by atoms with Crippen LogP contribution in [-0.2, 0) is 4.79 Å². The van der Waals surface area contributed by atoms with Gasteiger partial charge in [-0.05, 0) is 49.3 Å². The van der Waals surface area contributed by atoms with E-state index in [-0.39, 0.29) is 5.91 Å². The normalized spacial score (nSPS) is 23.8. The summed E-state index contributed by atoms with van der Waals surface area (Å²) in [5.41, 5.74) is 2.13. The first-order valence-corrected chi connectivity index (χ1v) is 10.1. The SMILES string of the molecule is CC(=O)N1CC(c2cc(Nc3cnc(C)cn3)nc(N3CC4CCC4C3)c2)C1. The zero-order valence-corrected chi connectivity index (χ0v) is 16.4. The van der Waals surface area contributed by atoms with E-state index in [1.54, 1.807) is 19.3 Å². The van der Waals surface area contributed by atoms with Gasteiger partial charge < -0.3 is 15.1 Å². The first-order chi connectivity index (χ1) is 13.5. The lowest BCUT2D eigenvalue weighted by Gasteiger charge is -2.39. The van der Waals surface area contributed by atoms with Gasteiger partial charge in [0.1, 0.15) is 17.5 Å². The molecule has 1 amide bonds. The number of aromatic nitrogens is 3. The highest BCUT2D eigenvalue weighted by atomic mass is 16.2. The molecule has 0 bridgehead atoms. The molecule has 0 aromatic carbocycles. The summed E-state index contributed by atoms with van der Waals surface area (Å²) in [4.78, 5) is 29.5. The number of amides is 1. The summed E-state index contributed by atoms with van der Waals surface area (Å²) in [6, 6.07) is 4.32. The van der Waals surface area contributed by atoms with Gasteiger partial charge in [-0.15, -0.1) is 0 Å². The molecule has 28 heavy (non-hydrogen) atoms. The Balaban J connectivity index is 1.42. The number of pyridine rings is 1. The molecule has 2 atom stereocenters. The highest BCUT2D eigenvalue weighted by Gasteiger charge is 2.40. The van der Waals surface area contributed by atoms with Crippen molar-refractivity contribution in [3.63, 3.8) is 0 Å². The van der Waals surface area contributed by atoms with Crippen molar-refractivity contribution in [2.24, 2.45) is 11.8 Å². The summed E-state index contributed by atoms with van der Waals surface area (Å²) < 4.78 is 0. The molecule has 146 valence electrons. The number of carbonyl (C=O) groups is 1. The Morgan fingerprint density at radius 3 is 2.39 bits per heavy atom. The van der Waals surface area contributed by atoms with Crippen LogP contribution in [0, 0.1) is 18.8 Å². The molecule has 0 spiro atoms. The van der Waals surface area contributed by atoms with Gasteiger partial charge in [0.05, 0.1) is 18.1 Å². The number of rotatable bonds is 4. The van der Waals surface area contributed by atoms with Crippen molar-refractivity contribution in [3.05, 3.63) is 35.8 Å². The number of likely N-dealkylation sites (tertiary alicyclic amines) is 1. The second-order valence-corrected chi connectivity index (χ2v) is 8.44. The lowest BCUT2D eigenvalue weighted by atomic mass is 9.77. The van der Waals surface area contributed by atoms with E-state index in [4.69, 9.17) is 4.98 Å². The quantitative estimate of drug-likeness (QED) is 0.882. The number of hydrogen-bond donors (Lipinski definition) is 1. The number of carbonyl (C=O) groups excluding carboxylic acids is 1. The molecule has 2 aromatic rings. The molecular weight excluding hydrogens is 352 g/mol. The fourth-order valence-electron chi connectivity index (χ4n) is 4.48. The fraction of sp³-hybridized carbons (Fsp3) is 0.524. The average Bonchev–Trinajstić information content (AvgIpc) is 2.90. The van der Waals surface area contributed by atoms with E-state index in [9.17, 15) is 4.79 Å². The Morgan fingerprint density at radius 2 is 1.79 bits per heavy atom. The molecule has 2 aliphatic heterocycles. The molecule has 1 saturated carbocycles. The van der Waals surface area contributed by atoms with Gasteiger partial charge in [0.15, 0.2) is 0 Å². The number of fused-ring (bicyclic) bond motifs is 1. The monoisotopic (exact) mass is 378 g/mol. The maximum atomic E-state index is 11.6. The van der Waals surface area contributed by atoms with E-state index < -0.39 is 0 Å². The van der Waals surface area contributed by atoms with Gasteiger partial charge in [-0.1, -0.05) is 0 Å². The predicted octanol–water partition coefficient (Wildman–Crippen LogP) is 2.72. The Morgan fingerprint density at radius 1 is 1.04 bits per heavy atom. The van der Waals surface area contributed by atoms with Crippen molar-refractivity contribution in [2.45, 2.75) is 32.6 Å². The molecule has 3 aliphatic rings. The first kappa shape index (κ1) is 17.4. The summed E-state index contributed by atoms with van der Waals surface area (Å²) in [6.07, 6.45) is 6.18. The van der Waals surface area contributed by atoms with Gasteiger partial charge in [0.25, 0.3) is 0 Å². The van der Waals surface area contributed by atoms with Gasteiger partial charge in [-0.3, -0.25) is 9.78 Å². The number of aryl methyl sites for hydroxylation is 1. The molecule has 1 aliphatic carbocycles. The predicted molar refractivity (Wildman–Crippen MR) is 108 cm³/mol. The molecule has 1 N–H and O–H groups in total. The highest BCUT2D eigenvalue weighted by molar-refractivity contribution is 5.74. The molecule has 2 saturated heterocycles.